The molecule has 0 saturated carbocycles. The van der Waals surface area contributed by atoms with Gasteiger partial charge in [0.05, 0.1) is 6.61 Å². The van der Waals surface area contributed by atoms with Crippen molar-refractivity contribution < 1.29 is 18.6 Å². The van der Waals surface area contributed by atoms with Crippen LogP contribution >= 0.6 is 0 Å². The molecule has 0 aliphatic carbocycles. The number of hydrogen-bond donors (Lipinski definition) is 0. The Balaban J connectivity index is 1.40. The molecule has 0 N–H and O–H groups in total. The van der Waals surface area contributed by atoms with E-state index in [0.717, 1.165) is 37.1 Å². The Kier molecular flexibility index (Phi) is 5.91. The van der Waals surface area contributed by atoms with Gasteiger partial charge in [-0.3, -0.25) is 9.36 Å². The van der Waals surface area contributed by atoms with Crippen LogP contribution in [0, 0.1) is 5.82 Å². The first-order valence-corrected chi connectivity index (χ1v) is 9.66. The zero-order valence-corrected chi connectivity index (χ0v) is 15.9. The Morgan fingerprint density at radius 3 is 2.48 bits per heavy atom. The van der Waals surface area contributed by atoms with Crippen LogP contribution in [0.2, 0.25) is 0 Å². The summed E-state index contributed by atoms with van der Waals surface area (Å²) >= 11 is 0. The van der Waals surface area contributed by atoms with Crippen molar-refractivity contribution in [3.05, 3.63) is 88.6 Å². The molecule has 1 saturated heterocycles. The first-order chi connectivity index (χ1) is 14.2. The quantitative estimate of drug-likeness (QED) is 0.618. The van der Waals surface area contributed by atoms with E-state index in [4.69, 9.17) is 14.2 Å². The van der Waals surface area contributed by atoms with E-state index >= 15 is 0 Å². The number of rotatable bonds is 6. The summed E-state index contributed by atoms with van der Waals surface area (Å²) in [5, 5.41) is 0. The molecule has 6 heteroatoms. The molecule has 1 atom stereocenters. The van der Waals surface area contributed by atoms with E-state index in [1.54, 1.807) is 24.4 Å². The Hall–Kier alpha value is -3.12. The predicted octanol–water partition coefficient (Wildman–Crippen LogP) is 4.46. The number of benzene rings is 2. The summed E-state index contributed by atoms with van der Waals surface area (Å²) in [6.07, 6.45) is 4.54. The van der Waals surface area contributed by atoms with Crippen molar-refractivity contribution in [1.82, 2.24) is 4.57 Å². The molecule has 5 nitrogen and oxygen atoms in total. The monoisotopic (exact) mass is 395 g/mol. The lowest BCUT2D eigenvalue weighted by Crippen LogP contribution is -2.25. The SMILES string of the molecule is O=c1cc(OCc2ccc(F)cc2)ccn1-c1ccc(OC2CCCCO2)cc1. The third-order valence-electron chi connectivity index (χ3n) is 4.73. The van der Waals surface area contributed by atoms with Crippen molar-refractivity contribution in [2.45, 2.75) is 32.2 Å². The van der Waals surface area contributed by atoms with Gasteiger partial charge in [0.15, 0.2) is 6.29 Å². The molecule has 0 spiro atoms. The average Bonchev–Trinajstić information content (AvgIpc) is 2.75. The topological polar surface area (TPSA) is 49.7 Å². The lowest BCUT2D eigenvalue weighted by molar-refractivity contribution is -0.105. The third-order valence-corrected chi connectivity index (χ3v) is 4.73. The van der Waals surface area contributed by atoms with E-state index in [1.807, 2.05) is 24.3 Å². The smallest absolute Gasteiger partial charge is 0.258 e. The van der Waals surface area contributed by atoms with Crippen LogP contribution in [-0.4, -0.2) is 17.5 Å². The van der Waals surface area contributed by atoms with Crippen molar-refractivity contribution in [1.29, 1.82) is 0 Å². The summed E-state index contributed by atoms with van der Waals surface area (Å²) in [7, 11) is 0. The molecule has 150 valence electrons. The van der Waals surface area contributed by atoms with Crippen molar-refractivity contribution in [3.8, 4) is 17.2 Å². The first-order valence-electron chi connectivity index (χ1n) is 9.66. The second-order valence-corrected chi connectivity index (χ2v) is 6.89. The van der Waals surface area contributed by atoms with Crippen LogP contribution in [0.4, 0.5) is 4.39 Å². The molecule has 29 heavy (non-hydrogen) atoms. The number of aromatic nitrogens is 1. The van der Waals surface area contributed by atoms with Gasteiger partial charge in [0.25, 0.3) is 5.56 Å². The van der Waals surface area contributed by atoms with Gasteiger partial charge in [-0.05, 0) is 60.9 Å². The predicted molar refractivity (Wildman–Crippen MR) is 107 cm³/mol. The van der Waals surface area contributed by atoms with Crippen molar-refractivity contribution in [3.63, 3.8) is 0 Å². The summed E-state index contributed by atoms with van der Waals surface area (Å²) in [6.45, 7) is 0.993. The van der Waals surface area contributed by atoms with E-state index in [1.165, 1.54) is 22.8 Å². The Bertz CT molecular complexity index is 993. The lowest BCUT2D eigenvalue weighted by Gasteiger charge is -2.23. The van der Waals surface area contributed by atoms with E-state index in [-0.39, 0.29) is 24.3 Å². The molecular weight excluding hydrogens is 373 g/mol. The van der Waals surface area contributed by atoms with Crippen molar-refractivity contribution in [2.75, 3.05) is 6.61 Å². The van der Waals surface area contributed by atoms with Crippen LogP contribution in [-0.2, 0) is 11.3 Å². The molecule has 0 radical (unpaired) electrons. The lowest BCUT2D eigenvalue weighted by atomic mass is 10.2. The van der Waals surface area contributed by atoms with Gasteiger partial charge in [-0.2, -0.15) is 0 Å². The third kappa shape index (κ3) is 5.03. The standard InChI is InChI=1S/C23H22FNO4/c24-18-6-4-17(5-7-18)16-28-21-12-13-25(22(26)15-21)19-8-10-20(11-9-19)29-23-3-1-2-14-27-23/h4-13,15,23H,1-3,14,16H2. The number of hydrogen-bond acceptors (Lipinski definition) is 4. The molecular formula is C23H22FNO4. The van der Waals surface area contributed by atoms with Crippen molar-refractivity contribution in [2.24, 2.45) is 0 Å². The summed E-state index contributed by atoms with van der Waals surface area (Å²) in [5.41, 5.74) is 1.36. The number of halogens is 1. The molecule has 0 amide bonds. The van der Waals surface area contributed by atoms with Gasteiger partial charge in [0.1, 0.15) is 23.9 Å². The van der Waals surface area contributed by atoms with Gasteiger partial charge in [-0.15, -0.1) is 0 Å². The van der Waals surface area contributed by atoms with Gasteiger partial charge in [0, 0.05) is 24.4 Å². The fraction of sp³-hybridized carbons (Fsp3) is 0.261. The Labute approximate surface area is 168 Å². The second-order valence-electron chi connectivity index (χ2n) is 6.89. The maximum absolute atomic E-state index is 13.0. The Morgan fingerprint density at radius 2 is 1.79 bits per heavy atom. The fourth-order valence-corrected chi connectivity index (χ4v) is 3.15. The molecule has 3 aromatic rings. The molecule has 4 rings (SSSR count). The fourth-order valence-electron chi connectivity index (χ4n) is 3.15. The molecule has 2 aromatic carbocycles. The summed E-state index contributed by atoms with van der Waals surface area (Å²) in [5.74, 6) is 0.886. The van der Waals surface area contributed by atoms with Gasteiger partial charge in [0.2, 0.25) is 0 Å². The molecule has 1 aliphatic heterocycles. The largest absolute Gasteiger partial charge is 0.489 e. The van der Waals surface area contributed by atoms with Crippen LogP contribution in [0.5, 0.6) is 11.5 Å². The molecule has 1 aromatic heterocycles. The zero-order valence-electron chi connectivity index (χ0n) is 15.9. The highest BCUT2D eigenvalue weighted by Crippen LogP contribution is 2.21. The van der Waals surface area contributed by atoms with Crippen molar-refractivity contribution >= 4 is 0 Å². The number of nitrogens with zero attached hydrogens (tertiary/aromatic N) is 1. The number of pyridine rings is 1. The summed E-state index contributed by atoms with van der Waals surface area (Å²) in [4.78, 5) is 12.5. The summed E-state index contributed by atoms with van der Waals surface area (Å²) in [6, 6.07) is 16.6. The molecule has 2 heterocycles. The van der Waals surface area contributed by atoms with E-state index in [9.17, 15) is 9.18 Å². The maximum atomic E-state index is 13.0. The van der Waals surface area contributed by atoms with Crippen LogP contribution < -0.4 is 15.0 Å². The van der Waals surface area contributed by atoms with Crippen LogP contribution in [0.25, 0.3) is 5.69 Å². The van der Waals surface area contributed by atoms with E-state index in [2.05, 4.69) is 0 Å². The summed E-state index contributed by atoms with van der Waals surface area (Å²) < 4.78 is 31.5. The average molecular weight is 395 g/mol. The zero-order chi connectivity index (χ0) is 20.1. The minimum Gasteiger partial charge on any atom is -0.489 e. The minimum absolute atomic E-state index is 0.199. The van der Waals surface area contributed by atoms with Gasteiger partial charge < -0.3 is 14.2 Å². The van der Waals surface area contributed by atoms with Gasteiger partial charge in [-0.25, -0.2) is 4.39 Å². The molecule has 0 bridgehead atoms. The molecule has 1 aliphatic rings. The second kappa shape index (κ2) is 8.92. The molecule has 1 fully saturated rings. The number of ether oxygens (including phenoxy) is 3. The minimum atomic E-state index is -0.293. The molecule has 1 unspecified atom stereocenters. The Morgan fingerprint density at radius 1 is 1.00 bits per heavy atom. The van der Waals surface area contributed by atoms with Crippen LogP contribution in [0.1, 0.15) is 24.8 Å². The van der Waals surface area contributed by atoms with Gasteiger partial charge in [-0.1, -0.05) is 12.1 Å². The first kappa shape index (κ1) is 19.2. The maximum Gasteiger partial charge on any atom is 0.258 e. The van der Waals surface area contributed by atoms with Gasteiger partial charge >= 0.3 is 0 Å². The normalized spacial score (nSPS) is 16.4. The highest BCUT2D eigenvalue weighted by atomic mass is 19.1. The van der Waals surface area contributed by atoms with E-state index in [0.29, 0.717) is 11.5 Å². The van der Waals surface area contributed by atoms with Crippen LogP contribution in [0.3, 0.4) is 0 Å². The van der Waals surface area contributed by atoms with Crippen LogP contribution in [0.15, 0.2) is 71.7 Å². The van der Waals surface area contributed by atoms with E-state index < -0.39 is 0 Å². The highest BCUT2D eigenvalue weighted by molar-refractivity contribution is 5.38. The highest BCUT2D eigenvalue weighted by Gasteiger charge is 2.15.